The zero-order chi connectivity index (χ0) is 9.84. The van der Waals surface area contributed by atoms with Crippen LogP contribution in [0.25, 0.3) is 0 Å². The molecule has 0 amide bonds. The average Bonchev–Trinajstić information content (AvgIpc) is 2.48. The van der Waals surface area contributed by atoms with Crippen molar-refractivity contribution in [1.82, 2.24) is 4.57 Å². The lowest BCUT2D eigenvalue weighted by atomic mass is 10.3. The third-order valence-corrected chi connectivity index (χ3v) is 1.76. The highest BCUT2D eigenvalue weighted by atomic mass is 16.4. The van der Waals surface area contributed by atoms with Crippen molar-refractivity contribution in [3.8, 4) is 0 Å². The highest BCUT2D eigenvalue weighted by molar-refractivity contribution is 5.90. The summed E-state index contributed by atoms with van der Waals surface area (Å²) in [7, 11) is 0. The second-order valence-electron chi connectivity index (χ2n) is 2.77. The minimum Gasteiger partial charge on any atom is -0.478 e. The molecule has 0 atom stereocenters. The Kier molecular flexibility index (Phi) is 2.84. The number of aryl methyl sites for hydroxylation is 1. The Morgan fingerprint density at radius 2 is 2.38 bits per heavy atom. The fraction of sp³-hybridized carbons (Fsp3) is 0.333. The molecule has 0 unspecified atom stereocenters. The average molecular weight is 181 g/mol. The number of carbonyl (C=O) groups excluding carboxylic acids is 1. The van der Waals surface area contributed by atoms with Crippen LogP contribution in [-0.4, -0.2) is 21.9 Å². The summed E-state index contributed by atoms with van der Waals surface area (Å²) in [5, 5.41) is 8.66. The Morgan fingerprint density at radius 3 is 2.85 bits per heavy atom. The molecule has 0 aliphatic carbocycles. The van der Waals surface area contributed by atoms with Gasteiger partial charge in [-0.05, 0) is 12.5 Å². The van der Waals surface area contributed by atoms with Crippen molar-refractivity contribution in [1.29, 1.82) is 0 Å². The molecule has 70 valence electrons. The zero-order valence-electron chi connectivity index (χ0n) is 7.36. The van der Waals surface area contributed by atoms with E-state index in [4.69, 9.17) is 5.11 Å². The lowest BCUT2D eigenvalue weighted by Gasteiger charge is -2.00. The Hall–Kier alpha value is -1.58. The van der Waals surface area contributed by atoms with Gasteiger partial charge in [-0.1, -0.05) is 6.92 Å². The van der Waals surface area contributed by atoms with E-state index in [1.54, 1.807) is 4.57 Å². The molecule has 4 heteroatoms. The number of carboxylic acid groups (broad SMARTS) is 1. The second-order valence-corrected chi connectivity index (χ2v) is 2.77. The number of carbonyl (C=O) groups is 2. The molecule has 0 radical (unpaired) electrons. The number of carboxylic acids is 1. The second kappa shape index (κ2) is 3.89. The van der Waals surface area contributed by atoms with Crippen molar-refractivity contribution in [2.75, 3.05) is 0 Å². The van der Waals surface area contributed by atoms with Crippen molar-refractivity contribution in [3.63, 3.8) is 0 Å². The van der Waals surface area contributed by atoms with Crippen LogP contribution in [0.3, 0.4) is 0 Å². The summed E-state index contributed by atoms with van der Waals surface area (Å²) in [6.45, 7) is 2.64. The molecule has 0 saturated carbocycles. The first kappa shape index (κ1) is 9.51. The highest BCUT2D eigenvalue weighted by Crippen LogP contribution is 2.07. The van der Waals surface area contributed by atoms with E-state index < -0.39 is 5.97 Å². The van der Waals surface area contributed by atoms with Crippen molar-refractivity contribution in [2.45, 2.75) is 19.9 Å². The molecule has 1 rings (SSSR count). The molecule has 0 saturated heterocycles. The quantitative estimate of drug-likeness (QED) is 0.714. The predicted molar refractivity (Wildman–Crippen MR) is 47.1 cm³/mol. The van der Waals surface area contributed by atoms with Crippen molar-refractivity contribution >= 4 is 12.3 Å². The zero-order valence-corrected chi connectivity index (χ0v) is 7.36. The van der Waals surface area contributed by atoms with Gasteiger partial charge in [0.05, 0.1) is 11.3 Å². The van der Waals surface area contributed by atoms with E-state index in [0.29, 0.717) is 18.5 Å². The number of aromatic nitrogens is 1. The van der Waals surface area contributed by atoms with Crippen LogP contribution in [-0.2, 0) is 6.54 Å². The first-order chi connectivity index (χ1) is 6.19. The number of rotatable bonds is 4. The molecule has 0 aliphatic heterocycles. The summed E-state index contributed by atoms with van der Waals surface area (Å²) in [5.74, 6) is -1.00. The van der Waals surface area contributed by atoms with Crippen LogP contribution in [0.15, 0.2) is 12.3 Å². The standard InChI is InChI=1S/C9H11NO3/c1-2-3-10-5-7(9(12)13)4-8(10)6-11/h4-6H,2-3H2,1H3,(H,12,13). The monoisotopic (exact) mass is 181 g/mol. The van der Waals surface area contributed by atoms with Gasteiger partial charge in [0, 0.05) is 12.7 Å². The number of aromatic carboxylic acids is 1. The molecule has 1 aromatic rings. The summed E-state index contributed by atoms with van der Waals surface area (Å²) in [6, 6.07) is 1.38. The van der Waals surface area contributed by atoms with E-state index in [-0.39, 0.29) is 5.56 Å². The molecule has 13 heavy (non-hydrogen) atoms. The SMILES string of the molecule is CCCn1cc(C(=O)O)cc1C=O. The highest BCUT2D eigenvalue weighted by Gasteiger charge is 2.09. The van der Waals surface area contributed by atoms with Gasteiger partial charge in [-0.15, -0.1) is 0 Å². The Labute approximate surface area is 75.8 Å². The molecule has 1 N–H and O–H groups in total. The Bertz CT molecular complexity index is 328. The molecule has 0 bridgehead atoms. The summed E-state index contributed by atoms with van der Waals surface area (Å²) in [4.78, 5) is 21.1. The van der Waals surface area contributed by atoms with Crippen LogP contribution in [0.5, 0.6) is 0 Å². The molecule has 1 aromatic heterocycles. The third-order valence-electron chi connectivity index (χ3n) is 1.76. The fourth-order valence-electron chi connectivity index (χ4n) is 1.18. The summed E-state index contributed by atoms with van der Waals surface area (Å²) in [6.07, 6.45) is 3.02. The normalized spacial score (nSPS) is 9.92. The smallest absolute Gasteiger partial charge is 0.337 e. The lowest BCUT2D eigenvalue weighted by molar-refractivity contribution is 0.0697. The Morgan fingerprint density at radius 1 is 1.69 bits per heavy atom. The van der Waals surface area contributed by atoms with Gasteiger partial charge in [-0.2, -0.15) is 0 Å². The van der Waals surface area contributed by atoms with E-state index in [0.717, 1.165) is 6.42 Å². The number of aldehydes is 1. The van der Waals surface area contributed by atoms with Gasteiger partial charge in [-0.3, -0.25) is 4.79 Å². The van der Waals surface area contributed by atoms with E-state index in [2.05, 4.69) is 0 Å². The van der Waals surface area contributed by atoms with Gasteiger partial charge in [0.15, 0.2) is 6.29 Å². The van der Waals surface area contributed by atoms with Gasteiger partial charge in [0.1, 0.15) is 0 Å². The van der Waals surface area contributed by atoms with Gasteiger partial charge in [0.2, 0.25) is 0 Å². The maximum absolute atomic E-state index is 10.6. The topological polar surface area (TPSA) is 59.3 Å². The first-order valence-corrected chi connectivity index (χ1v) is 4.07. The van der Waals surface area contributed by atoms with Crippen molar-refractivity contribution in [3.05, 3.63) is 23.5 Å². The van der Waals surface area contributed by atoms with Crippen LogP contribution in [0.2, 0.25) is 0 Å². The predicted octanol–water partition coefficient (Wildman–Crippen LogP) is 1.41. The maximum atomic E-state index is 10.6. The van der Waals surface area contributed by atoms with Gasteiger partial charge < -0.3 is 9.67 Å². The van der Waals surface area contributed by atoms with Gasteiger partial charge >= 0.3 is 5.97 Å². The van der Waals surface area contributed by atoms with E-state index >= 15 is 0 Å². The number of nitrogens with zero attached hydrogens (tertiary/aromatic N) is 1. The summed E-state index contributed by atoms with van der Waals surface area (Å²) >= 11 is 0. The van der Waals surface area contributed by atoms with Crippen LogP contribution in [0.4, 0.5) is 0 Å². The largest absolute Gasteiger partial charge is 0.478 e. The fourth-order valence-corrected chi connectivity index (χ4v) is 1.18. The molecular weight excluding hydrogens is 170 g/mol. The summed E-state index contributed by atoms with van der Waals surface area (Å²) in [5.41, 5.74) is 0.579. The van der Waals surface area contributed by atoms with Gasteiger partial charge in [-0.25, -0.2) is 4.79 Å². The molecular formula is C9H11NO3. The minimum atomic E-state index is -1.00. The molecule has 0 aromatic carbocycles. The van der Waals surface area contributed by atoms with Crippen LogP contribution in [0.1, 0.15) is 34.2 Å². The Balaban J connectivity index is 3.03. The molecule has 0 aliphatic rings. The lowest BCUT2D eigenvalue weighted by Crippen LogP contribution is -1.99. The number of hydrogen-bond acceptors (Lipinski definition) is 2. The van der Waals surface area contributed by atoms with Gasteiger partial charge in [0.25, 0.3) is 0 Å². The first-order valence-electron chi connectivity index (χ1n) is 4.07. The van der Waals surface area contributed by atoms with E-state index in [9.17, 15) is 9.59 Å². The van der Waals surface area contributed by atoms with Crippen LogP contribution in [0, 0.1) is 0 Å². The minimum absolute atomic E-state index is 0.163. The maximum Gasteiger partial charge on any atom is 0.337 e. The van der Waals surface area contributed by atoms with E-state index in [1.165, 1.54) is 12.3 Å². The molecule has 1 heterocycles. The summed E-state index contributed by atoms with van der Waals surface area (Å²) < 4.78 is 1.65. The van der Waals surface area contributed by atoms with Crippen molar-refractivity contribution < 1.29 is 14.7 Å². The molecule has 0 fully saturated rings. The van der Waals surface area contributed by atoms with Crippen LogP contribution < -0.4 is 0 Å². The van der Waals surface area contributed by atoms with Crippen LogP contribution >= 0.6 is 0 Å². The molecule has 0 spiro atoms. The van der Waals surface area contributed by atoms with E-state index in [1.807, 2.05) is 6.92 Å². The number of hydrogen-bond donors (Lipinski definition) is 1. The third kappa shape index (κ3) is 1.96. The molecule has 4 nitrogen and oxygen atoms in total. The van der Waals surface area contributed by atoms with Crippen molar-refractivity contribution in [2.24, 2.45) is 0 Å².